The van der Waals surface area contributed by atoms with Crippen molar-refractivity contribution in [3.05, 3.63) is 35.4 Å². The second-order valence-electron chi connectivity index (χ2n) is 5.90. The summed E-state index contributed by atoms with van der Waals surface area (Å²) in [5.41, 5.74) is -0.588. The van der Waals surface area contributed by atoms with Crippen LogP contribution in [0.5, 0.6) is 0 Å². The van der Waals surface area contributed by atoms with Crippen LogP contribution in [0.25, 0.3) is 0 Å². The summed E-state index contributed by atoms with van der Waals surface area (Å²) < 4.78 is 42.6. The average molecular weight is 382 g/mol. The minimum atomic E-state index is -4.35. The summed E-state index contributed by atoms with van der Waals surface area (Å²) in [4.78, 5) is 11.7. The zero-order chi connectivity index (χ0) is 17.0. The van der Waals surface area contributed by atoms with Crippen molar-refractivity contribution < 1.29 is 22.7 Å². The van der Waals surface area contributed by atoms with Crippen LogP contribution in [0.15, 0.2) is 24.3 Å². The SMILES string of the molecule is CC(C)(C)OC(=O)NC(CBr)Cc1ccc(C(F)(F)F)cc1. The summed E-state index contributed by atoms with van der Waals surface area (Å²) in [6.45, 7) is 5.27. The number of hydrogen-bond donors (Lipinski definition) is 1. The maximum Gasteiger partial charge on any atom is 0.416 e. The molecule has 0 aromatic heterocycles. The topological polar surface area (TPSA) is 38.3 Å². The lowest BCUT2D eigenvalue weighted by atomic mass is 10.1. The van der Waals surface area contributed by atoms with Crippen molar-refractivity contribution in [1.29, 1.82) is 0 Å². The lowest BCUT2D eigenvalue weighted by Gasteiger charge is -2.23. The van der Waals surface area contributed by atoms with Gasteiger partial charge in [-0.25, -0.2) is 4.79 Å². The molecule has 7 heteroatoms. The first-order valence-corrected chi connectivity index (χ1v) is 7.85. The zero-order valence-electron chi connectivity index (χ0n) is 12.6. The fourth-order valence-electron chi connectivity index (χ4n) is 1.73. The third kappa shape index (κ3) is 6.68. The van der Waals surface area contributed by atoms with Gasteiger partial charge in [0.1, 0.15) is 5.60 Å². The van der Waals surface area contributed by atoms with Gasteiger partial charge in [0.15, 0.2) is 0 Å². The molecule has 1 unspecified atom stereocenters. The average Bonchev–Trinajstić information content (AvgIpc) is 2.35. The van der Waals surface area contributed by atoms with Gasteiger partial charge in [0, 0.05) is 11.4 Å². The van der Waals surface area contributed by atoms with E-state index < -0.39 is 23.4 Å². The predicted molar refractivity (Wildman–Crippen MR) is 82.1 cm³/mol. The Morgan fingerprint density at radius 2 is 1.77 bits per heavy atom. The van der Waals surface area contributed by atoms with E-state index in [1.165, 1.54) is 12.1 Å². The molecule has 0 aliphatic heterocycles. The van der Waals surface area contributed by atoms with Crippen molar-refractivity contribution in [2.24, 2.45) is 0 Å². The van der Waals surface area contributed by atoms with Crippen LogP contribution < -0.4 is 5.32 Å². The molecule has 1 atom stereocenters. The Morgan fingerprint density at radius 3 is 2.18 bits per heavy atom. The minimum Gasteiger partial charge on any atom is -0.444 e. The van der Waals surface area contributed by atoms with E-state index in [1.54, 1.807) is 20.8 Å². The number of ether oxygens (including phenoxy) is 1. The van der Waals surface area contributed by atoms with Gasteiger partial charge in [-0.05, 0) is 44.9 Å². The van der Waals surface area contributed by atoms with Crippen LogP contribution in [-0.2, 0) is 17.3 Å². The maximum atomic E-state index is 12.5. The maximum absolute atomic E-state index is 12.5. The number of halogens is 4. The van der Waals surface area contributed by atoms with Crippen LogP contribution in [0, 0.1) is 0 Å². The van der Waals surface area contributed by atoms with Crippen molar-refractivity contribution in [3.8, 4) is 0 Å². The predicted octanol–water partition coefficient (Wildman–Crippen LogP) is 4.54. The fraction of sp³-hybridized carbons (Fsp3) is 0.533. The lowest BCUT2D eigenvalue weighted by molar-refractivity contribution is -0.137. The number of alkyl carbamates (subject to hydrolysis) is 1. The molecule has 22 heavy (non-hydrogen) atoms. The first-order valence-electron chi connectivity index (χ1n) is 6.73. The molecular weight excluding hydrogens is 363 g/mol. The van der Waals surface area contributed by atoms with Crippen molar-refractivity contribution in [2.45, 2.75) is 45.0 Å². The molecule has 3 nitrogen and oxygen atoms in total. The Labute approximate surface area is 136 Å². The second-order valence-corrected chi connectivity index (χ2v) is 6.54. The smallest absolute Gasteiger partial charge is 0.416 e. The number of alkyl halides is 4. The molecule has 1 aromatic carbocycles. The van der Waals surface area contributed by atoms with Crippen LogP contribution >= 0.6 is 15.9 Å². The van der Waals surface area contributed by atoms with E-state index in [1.807, 2.05) is 0 Å². The highest BCUT2D eigenvalue weighted by Gasteiger charge is 2.30. The number of rotatable bonds is 4. The number of carbonyl (C=O) groups is 1. The number of benzene rings is 1. The molecule has 1 aromatic rings. The van der Waals surface area contributed by atoms with Crippen LogP contribution in [0.1, 0.15) is 31.9 Å². The number of carbonyl (C=O) groups excluding carboxylic acids is 1. The monoisotopic (exact) mass is 381 g/mol. The lowest BCUT2D eigenvalue weighted by Crippen LogP contribution is -2.41. The highest BCUT2D eigenvalue weighted by atomic mass is 79.9. The van der Waals surface area contributed by atoms with Gasteiger partial charge < -0.3 is 10.1 Å². The van der Waals surface area contributed by atoms with E-state index in [9.17, 15) is 18.0 Å². The van der Waals surface area contributed by atoms with Gasteiger partial charge in [0.2, 0.25) is 0 Å². The number of amides is 1. The number of nitrogens with one attached hydrogen (secondary N) is 1. The zero-order valence-corrected chi connectivity index (χ0v) is 14.2. The molecule has 0 aliphatic carbocycles. The molecular formula is C15H19BrF3NO2. The molecule has 0 heterocycles. The Hall–Kier alpha value is -1.24. The molecule has 0 bridgehead atoms. The van der Waals surface area contributed by atoms with Crippen molar-refractivity contribution in [2.75, 3.05) is 5.33 Å². The van der Waals surface area contributed by atoms with E-state index >= 15 is 0 Å². The molecule has 0 radical (unpaired) electrons. The Morgan fingerprint density at radius 1 is 1.23 bits per heavy atom. The molecule has 0 saturated heterocycles. The number of hydrogen-bond acceptors (Lipinski definition) is 2. The van der Waals surface area contributed by atoms with Gasteiger partial charge in [-0.2, -0.15) is 13.2 Å². The molecule has 0 fully saturated rings. The fourth-order valence-corrected chi connectivity index (χ4v) is 2.12. The Balaban J connectivity index is 2.65. The van der Waals surface area contributed by atoms with E-state index in [4.69, 9.17) is 4.74 Å². The van der Waals surface area contributed by atoms with Gasteiger partial charge in [-0.3, -0.25) is 0 Å². The van der Waals surface area contributed by atoms with Gasteiger partial charge in [-0.1, -0.05) is 28.1 Å². The van der Waals surface area contributed by atoms with Crippen LogP contribution in [-0.4, -0.2) is 23.1 Å². The standard InChI is InChI=1S/C15H19BrF3NO2/c1-14(2,3)22-13(21)20-12(9-16)8-10-4-6-11(7-5-10)15(17,18)19/h4-7,12H,8-9H2,1-3H3,(H,20,21). The first kappa shape index (κ1) is 18.8. The second kappa shape index (κ2) is 7.35. The summed E-state index contributed by atoms with van der Waals surface area (Å²) in [5, 5.41) is 3.15. The quantitative estimate of drug-likeness (QED) is 0.777. The van der Waals surface area contributed by atoms with Crippen LogP contribution in [0.2, 0.25) is 0 Å². The van der Waals surface area contributed by atoms with E-state index in [0.717, 1.165) is 12.1 Å². The molecule has 1 rings (SSSR count). The summed E-state index contributed by atoms with van der Waals surface area (Å²) in [7, 11) is 0. The summed E-state index contributed by atoms with van der Waals surface area (Å²) >= 11 is 3.28. The molecule has 1 N–H and O–H groups in total. The van der Waals surface area contributed by atoms with E-state index in [-0.39, 0.29) is 6.04 Å². The highest BCUT2D eigenvalue weighted by Crippen LogP contribution is 2.29. The Bertz CT molecular complexity index is 495. The third-order valence-electron chi connectivity index (χ3n) is 2.67. The highest BCUT2D eigenvalue weighted by molar-refractivity contribution is 9.09. The van der Waals surface area contributed by atoms with Gasteiger partial charge in [0.25, 0.3) is 0 Å². The molecule has 1 amide bonds. The largest absolute Gasteiger partial charge is 0.444 e. The normalized spacial score (nSPS) is 13.6. The van der Waals surface area contributed by atoms with E-state index in [2.05, 4.69) is 21.2 Å². The third-order valence-corrected chi connectivity index (χ3v) is 3.45. The van der Waals surface area contributed by atoms with Crippen molar-refractivity contribution in [1.82, 2.24) is 5.32 Å². The van der Waals surface area contributed by atoms with Gasteiger partial charge in [-0.15, -0.1) is 0 Å². The van der Waals surface area contributed by atoms with Gasteiger partial charge >= 0.3 is 12.3 Å². The Kier molecular flexibility index (Phi) is 6.28. The summed E-state index contributed by atoms with van der Waals surface area (Å²) in [6, 6.07) is 4.62. The van der Waals surface area contributed by atoms with Crippen LogP contribution in [0.4, 0.5) is 18.0 Å². The van der Waals surface area contributed by atoms with Crippen molar-refractivity contribution in [3.63, 3.8) is 0 Å². The minimum absolute atomic E-state index is 0.272. The van der Waals surface area contributed by atoms with Crippen molar-refractivity contribution >= 4 is 22.0 Å². The first-order chi connectivity index (χ1) is 10.0. The molecule has 124 valence electrons. The van der Waals surface area contributed by atoms with Gasteiger partial charge in [0.05, 0.1) is 5.56 Å². The van der Waals surface area contributed by atoms with E-state index in [0.29, 0.717) is 17.3 Å². The summed E-state index contributed by atoms with van der Waals surface area (Å²) in [6.07, 6.45) is -4.49. The van der Waals surface area contributed by atoms with Crippen LogP contribution in [0.3, 0.4) is 0 Å². The summed E-state index contributed by atoms with van der Waals surface area (Å²) in [5.74, 6) is 0. The molecule has 0 aliphatic rings. The molecule has 0 spiro atoms. The molecule has 0 saturated carbocycles.